The second kappa shape index (κ2) is 6.43. The molecule has 4 unspecified atom stereocenters. The molecule has 1 heterocycles. The second-order valence-electron chi connectivity index (χ2n) is 10.2. The lowest BCUT2D eigenvalue weighted by Gasteiger charge is -2.57. The largest absolute Gasteiger partial charge is 0.391 e. The Kier molecular flexibility index (Phi) is 4.27. The molecule has 27 heavy (non-hydrogen) atoms. The summed E-state index contributed by atoms with van der Waals surface area (Å²) in [6.07, 6.45) is 12.7. The minimum atomic E-state index is -0.0107. The first-order chi connectivity index (χ1) is 13.0. The van der Waals surface area contributed by atoms with Crippen molar-refractivity contribution < 1.29 is 9.63 Å². The summed E-state index contributed by atoms with van der Waals surface area (Å²) >= 11 is 0. The van der Waals surface area contributed by atoms with Crippen LogP contribution in [0.4, 0.5) is 0 Å². The molecule has 4 heteroatoms. The predicted octanol–water partition coefficient (Wildman–Crippen LogP) is 4.25. The lowest BCUT2D eigenvalue weighted by atomic mass is 9.47. The van der Waals surface area contributed by atoms with E-state index in [0.717, 1.165) is 62.7 Å². The van der Waals surface area contributed by atoms with Gasteiger partial charge in [0.2, 0.25) is 0 Å². The predicted molar refractivity (Wildman–Crippen MR) is 107 cm³/mol. The number of hydrogen-bond acceptors (Lipinski definition) is 4. The summed E-state index contributed by atoms with van der Waals surface area (Å²) in [4.78, 5) is 18.3. The fourth-order valence-electron chi connectivity index (χ4n) is 7.27. The Balaban J connectivity index is 1.36. The van der Waals surface area contributed by atoms with Crippen molar-refractivity contribution in [2.45, 2.75) is 77.7 Å². The molecular formula is C23H34N2O2. The zero-order valence-corrected chi connectivity index (χ0v) is 16.9. The van der Waals surface area contributed by atoms with Gasteiger partial charge in [-0.15, -0.1) is 0 Å². The van der Waals surface area contributed by atoms with Crippen LogP contribution in [-0.2, 0) is 9.63 Å². The number of rotatable bonds is 2. The number of ketones is 1. The van der Waals surface area contributed by atoms with E-state index in [4.69, 9.17) is 4.84 Å². The fraction of sp³-hybridized carbons (Fsp3) is 0.826. The Hall–Kier alpha value is -1.16. The van der Waals surface area contributed by atoms with Gasteiger partial charge in [0.05, 0.1) is 5.71 Å². The van der Waals surface area contributed by atoms with Gasteiger partial charge in [-0.3, -0.25) is 4.79 Å². The average Bonchev–Trinajstić information content (AvgIpc) is 3.28. The molecule has 148 valence electrons. The van der Waals surface area contributed by atoms with Crippen LogP contribution >= 0.6 is 0 Å². The van der Waals surface area contributed by atoms with Gasteiger partial charge in [-0.25, -0.2) is 0 Å². The molecule has 0 spiro atoms. The first-order valence-corrected chi connectivity index (χ1v) is 11.2. The van der Waals surface area contributed by atoms with Crippen molar-refractivity contribution in [1.82, 2.24) is 5.32 Å². The molecule has 0 aromatic rings. The SMILES string of the molecule is C[C@]12CCC3C(CCC4=CC(=NOC5CCNC5)CC[C@]43C)C1CCC2=O. The maximum absolute atomic E-state index is 12.5. The fourth-order valence-corrected chi connectivity index (χ4v) is 7.27. The van der Waals surface area contributed by atoms with Crippen molar-refractivity contribution in [3.63, 3.8) is 0 Å². The molecule has 4 nitrogen and oxygen atoms in total. The number of fused-ring (bicyclic) bond motifs is 5. The van der Waals surface area contributed by atoms with Gasteiger partial charge in [0.25, 0.3) is 0 Å². The van der Waals surface area contributed by atoms with E-state index in [2.05, 4.69) is 30.4 Å². The van der Waals surface area contributed by atoms with Crippen molar-refractivity contribution in [1.29, 1.82) is 0 Å². The van der Waals surface area contributed by atoms with Crippen LogP contribution in [0.5, 0.6) is 0 Å². The van der Waals surface area contributed by atoms with Crippen LogP contribution in [0.15, 0.2) is 16.8 Å². The molecule has 3 saturated carbocycles. The summed E-state index contributed by atoms with van der Waals surface area (Å²) in [5, 5.41) is 7.85. The molecular weight excluding hydrogens is 336 g/mol. The molecule has 5 aliphatic rings. The van der Waals surface area contributed by atoms with Crippen LogP contribution in [0.1, 0.15) is 71.6 Å². The highest BCUT2D eigenvalue weighted by atomic mass is 16.6. The number of nitrogens with zero attached hydrogens (tertiary/aromatic N) is 1. The number of nitrogens with one attached hydrogen (secondary N) is 1. The molecule has 0 bridgehead atoms. The summed E-state index contributed by atoms with van der Waals surface area (Å²) < 4.78 is 0. The minimum absolute atomic E-state index is 0.0107. The van der Waals surface area contributed by atoms with Crippen molar-refractivity contribution in [2.75, 3.05) is 13.1 Å². The number of Topliss-reactive ketones (excluding diaryl/α,β-unsaturated/α-hetero) is 1. The Bertz CT molecular complexity index is 692. The topological polar surface area (TPSA) is 50.7 Å². The van der Waals surface area contributed by atoms with Crippen LogP contribution in [0.2, 0.25) is 0 Å². The second-order valence-corrected chi connectivity index (χ2v) is 10.2. The van der Waals surface area contributed by atoms with Gasteiger partial charge in [0, 0.05) is 24.8 Å². The van der Waals surface area contributed by atoms with E-state index >= 15 is 0 Å². The van der Waals surface area contributed by atoms with E-state index in [9.17, 15) is 4.79 Å². The summed E-state index contributed by atoms with van der Waals surface area (Å²) in [6, 6.07) is 0. The number of carbonyl (C=O) groups is 1. The van der Waals surface area contributed by atoms with Gasteiger partial charge in [-0.05, 0) is 80.7 Å². The lowest BCUT2D eigenvalue weighted by molar-refractivity contribution is -0.132. The smallest absolute Gasteiger partial charge is 0.141 e. The monoisotopic (exact) mass is 370 g/mol. The summed E-state index contributed by atoms with van der Waals surface area (Å²) in [6.45, 7) is 6.75. The number of oxime groups is 1. The normalized spacial score (nSPS) is 48.0. The first-order valence-electron chi connectivity index (χ1n) is 11.2. The van der Waals surface area contributed by atoms with Crippen molar-refractivity contribution in [3.8, 4) is 0 Å². The third-order valence-electron chi connectivity index (χ3n) is 9.02. The highest BCUT2D eigenvalue weighted by molar-refractivity contribution is 5.96. The number of carbonyl (C=O) groups excluding carboxylic acids is 1. The van der Waals surface area contributed by atoms with Gasteiger partial charge in [0.1, 0.15) is 11.9 Å². The van der Waals surface area contributed by atoms with Gasteiger partial charge < -0.3 is 10.2 Å². The van der Waals surface area contributed by atoms with Crippen molar-refractivity contribution in [2.24, 2.45) is 33.7 Å². The Morgan fingerprint density at radius 3 is 2.70 bits per heavy atom. The number of allylic oxidation sites excluding steroid dienone is 2. The molecule has 1 aliphatic heterocycles. The van der Waals surface area contributed by atoms with Crippen LogP contribution in [0.25, 0.3) is 0 Å². The molecule has 1 N–H and O–H groups in total. The first kappa shape index (κ1) is 17.9. The molecule has 4 fully saturated rings. The minimum Gasteiger partial charge on any atom is -0.391 e. The highest BCUT2D eigenvalue weighted by Crippen LogP contribution is 2.64. The van der Waals surface area contributed by atoms with E-state index in [1.807, 2.05) is 0 Å². The van der Waals surface area contributed by atoms with E-state index in [0.29, 0.717) is 17.1 Å². The molecule has 4 aliphatic carbocycles. The standard InChI is InChI=1S/C23H34N2O2/c1-22-10-7-16(25-27-17-9-12-24-14-17)13-15(22)3-4-18-19-5-6-21(26)23(19,2)11-8-20(18)22/h13,17-20,24H,3-12,14H2,1-2H3/t17?,18?,19?,20?,22-,23+/m1/s1. The van der Waals surface area contributed by atoms with Crippen molar-refractivity contribution >= 4 is 11.5 Å². The number of hydrogen-bond donors (Lipinski definition) is 1. The lowest BCUT2D eigenvalue weighted by Crippen LogP contribution is -2.50. The van der Waals surface area contributed by atoms with E-state index in [1.54, 1.807) is 5.57 Å². The third-order valence-corrected chi connectivity index (χ3v) is 9.02. The van der Waals surface area contributed by atoms with Crippen molar-refractivity contribution in [3.05, 3.63) is 11.6 Å². The summed E-state index contributed by atoms with van der Waals surface area (Å²) in [7, 11) is 0. The molecule has 0 radical (unpaired) electrons. The maximum Gasteiger partial charge on any atom is 0.141 e. The highest BCUT2D eigenvalue weighted by Gasteiger charge is 2.58. The molecule has 6 atom stereocenters. The van der Waals surface area contributed by atoms with Gasteiger partial charge >= 0.3 is 0 Å². The Morgan fingerprint density at radius 1 is 1.04 bits per heavy atom. The Labute approximate surface area is 163 Å². The van der Waals surface area contributed by atoms with Crippen LogP contribution < -0.4 is 5.32 Å². The third kappa shape index (κ3) is 2.73. The van der Waals surface area contributed by atoms with E-state index in [1.165, 1.54) is 25.7 Å². The molecule has 5 rings (SSSR count). The van der Waals surface area contributed by atoms with Gasteiger partial charge in [-0.1, -0.05) is 24.6 Å². The zero-order valence-electron chi connectivity index (χ0n) is 16.9. The maximum atomic E-state index is 12.5. The molecule has 1 saturated heterocycles. The summed E-state index contributed by atoms with van der Waals surface area (Å²) in [5.41, 5.74) is 3.05. The Morgan fingerprint density at radius 2 is 1.89 bits per heavy atom. The van der Waals surface area contributed by atoms with Crippen LogP contribution in [0.3, 0.4) is 0 Å². The van der Waals surface area contributed by atoms with E-state index in [-0.39, 0.29) is 11.5 Å². The average molecular weight is 371 g/mol. The van der Waals surface area contributed by atoms with Gasteiger partial charge in [0.15, 0.2) is 0 Å². The van der Waals surface area contributed by atoms with E-state index < -0.39 is 0 Å². The molecule has 0 amide bonds. The summed E-state index contributed by atoms with van der Waals surface area (Å²) in [5.74, 6) is 2.68. The van der Waals surface area contributed by atoms with Crippen LogP contribution in [-0.4, -0.2) is 30.7 Å². The zero-order chi connectivity index (χ0) is 18.6. The quantitative estimate of drug-likeness (QED) is 0.739. The molecule has 0 aromatic carbocycles. The molecule has 0 aromatic heterocycles. The van der Waals surface area contributed by atoms with Gasteiger partial charge in [-0.2, -0.15) is 0 Å². The van der Waals surface area contributed by atoms with Crippen LogP contribution in [0, 0.1) is 28.6 Å².